The normalized spacial score (nSPS) is 17.3. The number of halogens is 2. The SMILES string of the molecule is Clc1ccc(CSc2ccc(CNCC3CCNC3)cc2)c(Br)c1. The minimum atomic E-state index is 0.765. The fourth-order valence-electron chi connectivity index (χ4n) is 2.81. The molecule has 1 fully saturated rings. The number of benzene rings is 2. The summed E-state index contributed by atoms with van der Waals surface area (Å²) in [6, 6.07) is 14.8. The molecular formula is C19H22BrClN2S. The molecule has 2 aromatic carbocycles. The van der Waals surface area contributed by atoms with E-state index in [2.05, 4.69) is 56.9 Å². The Balaban J connectivity index is 1.45. The highest BCUT2D eigenvalue weighted by atomic mass is 79.9. The van der Waals surface area contributed by atoms with Crippen LogP contribution in [0.1, 0.15) is 17.5 Å². The second-order valence-electron chi connectivity index (χ2n) is 6.16. The average Bonchev–Trinajstić information content (AvgIpc) is 3.09. The van der Waals surface area contributed by atoms with Crippen LogP contribution in [0.5, 0.6) is 0 Å². The smallest absolute Gasteiger partial charge is 0.0417 e. The lowest BCUT2D eigenvalue weighted by atomic mass is 10.1. The zero-order valence-corrected chi connectivity index (χ0v) is 16.7. The third kappa shape index (κ3) is 5.50. The van der Waals surface area contributed by atoms with Crippen molar-refractivity contribution >= 4 is 39.3 Å². The molecule has 2 nitrogen and oxygen atoms in total. The van der Waals surface area contributed by atoms with Crippen LogP contribution >= 0.6 is 39.3 Å². The minimum Gasteiger partial charge on any atom is -0.316 e. The largest absolute Gasteiger partial charge is 0.316 e. The van der Waals surface area contributed by atoms with Gasteiger partial charge in [0, 0.05) is 26.7 Å². The van der Waals surface area contributed by atoms with E-state index in [9.17, 15) is 0 Å². The van der Waals surface area contributed by atoms with E-state index in [1.54, 1.807) is 0 Å². The lowest BCUT2D eigenvalue weighted by molar-refractivity contribution is 0.512. The number of hydrogen-bond donors (Lipinski definition) is 2. The summed E-state index contributed by atoms with van der Waals surface area (Å²) in [6.07, 6.45) is 1.29. The maximum absolute atomic E-state index is 5.99. The van der Waals surface area contributed by atoms with Crippen molar-refractivity contribution in [1.82, 2.24) is 10.6 Å². The van der Waals surface area contributed by atoms with E-state index in [0.717, 1.165) is 40.8 Å². The van der Waals surface area contributed by atoms with Gasteiger partial charge in [0.2, 0.25) is 0 Å². The lowest BCUT2D eigenvalue weighted by Gasteiger charge is -2.10. The highest BCUT2D eigenvalue weighted by Gasteiger charge is 2.13. The quantitative estimate of drug-likeness (QED) is 0.604. The van der Waals surface area contributed by atoms with Gasteiger partial charge in [-0.05, 0) is 67.4 Å². The zero-order valence-electron chi connectivity index (χ0n) is 13.5. The summed E-state index contributed by atoms with van der Waals surface area (Å²) in [4.78, 5) is 1.29. The van der Waals surface area contributed by atoms with Gasteiger partial charge in [0.05, 0.1) is 0 Å². The predicted molar refractivity (Wildman–Crippen MR) is 108 cm³/mol. The summed E-state index contributed by atoms with van der Waals surface area (Å²) >= 11 is 11.4. The summed E-state index contributed by atoms with van der Waals surface area (Å²) in [7, 11) is 0. The third-order valence-corrected chi connectivity index (χ3v) is 6.29. The minimum absolute atomic E-state index is 0.765. The number of rotatable bonds is 7. The maximum atomic E-state index is 5.99. The van der Waals surface area contributed by atoms with Crippen LogP contribution in [0.3, 0.4) is 0 Å². The van der Waals surface area contributed by atoms with Gasteiger partial charge < -0.3 is 10.6 Å². The van der Waals surface area contributed by atoms with E-state index in [-0.39, 0.29) is 0 Å². The van der Waals surface area contributed by atoms with Crippen LogP contribution in [0, 0.1) is 5.92 Å². The second-order valence-corrected chi connectivity index (χ2v) is 8.50. The van der Waals surface area contributed by atoms with Gasteiger partial charge in [0.15, 0.2) is 0 Å². The Hall–Kier alpha value is -0.520. The molecule has 1 unspecified atom stereocenters. The Morgan fingerprint density at radius 2 is 2.04 bits per heavy atom. The molecule has 1 atom stereocenters. The van der Waals surface area contributed by atoms with E-state index in [1.165, 1.54) is 29.0 Å². The summed E-state index contributed by atoms with van der Waals surface area (Å²) in [5.74, 6) is 1.72. The van der Waals surface area contributed by atoms with Gasteiger partial charge in [-0.15, -0.1) is 11.8 Å². The van der Waals surface area contributed by atoms with E-state index < -0.39 is 0 Å². The molecule has 3 rings (SSSR count). The molecule has 0 saturated carbocycles. The van der Waals surface area contributed by atoms with Crippen molar-refractivity contribution in [2.75, 3.05) is 19.6 Å². The van der Waals surface area contributed by atoms with Crippen LogP contribution < -0.4 is 10.6 Å². The Morgan fingerprint density at radius 3 is 2.75 bits per heavy atom. The highest BCUT2D eigenvalue weighted by Crippen LogP contribution is 2.29. The Morgan fingerprint density at radius 1 is 1.21 bits per heavy atom. The van der Waals surface area contributed by atoms with Crippen LogP contribution in [0.2, 0.25) is 5.02 Å². The molecule has 0 amide bonds. The van der Waals surface area contributed by atoms with E-state index in [0.29, 0.717) is 0 Å². The molecule has 0 aromatic heterocycles. The molecule has 1 heterocycles. The van der Waals surface area contributed by atoms with Crippen molar-refractivity contribution < 1.29 is 0 Å². The molecule has 0 aliphatic carbocycles. The topological polar surface area (TPSA) is 24.1 Å². The molecule has 24 heavy (non-hydrogen) atoms. The summed E-state index contributed by atoms with van der Waals surface area (Å²) in [5.41, 5.74) is 2.61. The number of thioether (sulfide) groups is 1. The standard InChI is InChI=1S/C19H22BrClN2S/c20-19-9-17(21)4-3-16(19)13-24-18-5-1-14(2-6-18)10-23-12-15-7-8-22-11-15/h1-6,9,15,22-23H,7-8,10-13H2. The molecular weight excluding hydrogens is 404 g/mol. The second kappa shape index (κ2) is 9.25. The van der Waals surface area contributed by atoms with Crippen LogP contribution in [-0.4, -0.2) is 19.6 Å². The van der Waals surface area contributed by atoms with Crippen LogP contribution in [0.15, 0.2) is 51.8 Å². The van der Waals surface area contributed by atoms with Gasteiger partial charge in [0.1, 0.15) is 0 Å². The number of hydrogen-bond acceptors (Lipinski definition) is 3. The first-order valence-electron chi connectivity index (χ1n) is 8.28. The van der Waals surface area contributed by atoms with Crippen LogP contribution in [0.4, 0.5) is 0 Å². The number of nitrogens with one attached hydrogen (secondary N) is 2. The van der Waals surface area contributed by atoms with Gasteiger partial charge >= 0.3 is 0 Å². The van der Waals surface area contributed by atoms with Gasteiger partial charge in [-0.2, -0.15) is 0 Å². The van der Waals surface area contributed by atoms with E-state index >= 15 is 0 Å². The molecule has 1 saturated heterocycles. The first-order valence-corrected chi connectivity index (χ1v) is 10.4. The summed E-state index contributed by atoms with van der Waals surface area (Å²) in [5, 5.41) is 7.74. The van der Waals surface area contributed by atoms with Crippen molar-refractivity contribution in [1.29, 1.82) is 0 Å². The Bertz CT molecular complexity index is 657. The third-order valence-electron chi connectivity index (χ3n) is 4.26. The van der Waals surface area contributed by atoms with Crippen molar-refractivity contribution in [3.63, 3.8) is 0 Å². The van der Waals surface area contributed by atoms with Crippen molar-refractivity contribution in [2.24, 2.45) is 5.92 Å². The Labute approximate surface area is 161 Å². The molecule has 1 aliphatic rings. The monoisotopic (exact) mass is 424 g/mol. The molecule has 0 bridgehead atoms. The molecule has 2 aromatic rings. The highest BCUT2D eigenvalue weighted by molar-refractivity contribution is 9.10. The Kier molecular flexibility index (Phi) is 7.05. The first kappa shape index (κ1) is 18.3. The van der Waals surface area contributed by atoms with E-state index in [4.69, 9.17) is 11.6 Å². The van der Waals surface area contributed by atoms with Crippen LogP contribution in [-0.2, 0) is 12.3 Å². The summed E-state index contributed by atoms with van der Waals surface area (Å²) < 4.78 is 1.07. The fraction of sp³-hybridized carbons (Fsp3) is 0.368. The lowest BCUT2D eigenvalue weighted by Crippen LogP contribution is -2.23. The maximum Gasteiger partial charge on any atom is 0.0417 e. The van der Waals surface area contributed by atoms with Crippen LogP contribution in [0.25, 0.3) is 0 Å². The van der Waals surface area contributed by atoms with E-state index in [1.807, 2.05) is 23.9 Å². The van der Waals surface area contributed by atoms with Gasteiger partial charge in [-0.3, -0.25) is 0 Å². The summed E-state index contributed by atoms with van der Waals surface area (Å²) in [6.45, 7) is 4.38. The van der Waals surface area contributed by atoms with Crippen molar-refractivity contribution in [3.05, 3.63) is 63.1 Å². The van der Waals surface area contributed by atoms with Gasteiger partial charge in [0.25, 0.3) is 0 Å². The fourth-order valence-corrected chi connectivity index (χ4v) is 4.72. The predicted octanol–water partition coefficient (Wildman–Crippen LogP) is 5.09. The van der Waals surface area contributed by atoms with Crippen molar-refractivity contribution in [3.8, 4) is 0 Å². The van der Waals surface area contributed by atoms with Gasteiger partial charge in [-0.25, -0.2) is 0 Å². The van der Waals surface area contributed by atoms with Crippen molar-refractivity contribution in [2.45, 2.75) is 23.6 Å². The molecule has 0 radical (unpaired) electrons. The average molecular weight is 426 g/mol. The molecule has 5 heteroatoms. The molecule has 128 valence electrons. The van der Waals surface area contributed by atoms with Gasteiger partial charge in [-0.1, -0.05) is 45.7 Å². The zero-order chi connectivity index (χ0) is 16.8. The molecule has 1 aliphatic heterocycles. The molecule has 0 spiro atoms. The molecule has 2 N–H and O–H groups in total. The first-order chi connectivity index (χ1) is 11.7.